The van der Waals surface area contributed by atoms with Crippen LogP contribution < -0.4 is 24.3 Å². The van der Waals surface area contributed by atoms with E-state index in [1.807, 2.05) is 19.1 Å². The van der Waals surface area contributed by atoms with Crippen LogP contribution in [-0.4, -0.2) is 63.1 Å². The van der Waals surface area contributed by atoms with Gasteiger partial charge in [0.15, 0.2) is 0 Å². The van der Waals surface area contributed by atoms with Crippen LogP contribution in [0.2, 0.25) is 5.02 Å². The lowest BCUT2D eigenvalue weighted by atomic mass is 9.95. The van der Waals surface area contributed by atoms with Crippen molar-refractivity contribution in [3.05, 3.63) is 101 Å². The molecule has 55 heavy (non-hydrogen) atoms. The molecule has 2 aliphatic rings. The smallest absolute Gasteiger partial charge is 0.392 e. The first kappa shape index (κ1) is 37.6. The fraction of sp³-hybridized carbons (Fsp3) is 0.237. The minimum atomic E-state index is -4.40. The van der Waals surface area contributed by atoms with Gasteiger partial charge in [0.05, 0.1) is 28.2 Å². The lowest BCUT2D eigenvalue weighted by Crippen LogP contribution is -2.30. The van der Waals surface area contributed by atoms with Crippen LogP contribution in [0.3, 0.4) is 0 Å². The van der Waals surface area contributed by atoms with Gasteiger partial charge in [-0.3, -0.25) is 0 Å². The molecule has 3 aromatic heterocycles. The zero-order valence-electron chi connectivity index (χ0n) is 28.8. The van der Waals surface area contributed by atoms with E-state index in [1.54, 1.807) is 30.3 Å². The highest BCUT2D eigenvalue weighted by Gasteiger charge is 2.29. The quantitative estimate of drug-likeness (QED) is 0.143. The summed E-state index contributed by atoms with van der Waals surface area (Å²) >= 11 is 8.25. The fourth-order valence-corrected chi connectivity index (χ4v) is 7.28. The number of nitrogens with one attached hydrogen (secondary N) is 1. The molecule has 1 atom stereocenters. The number of carbonyl (C=O) groups is 1. The highest BCUT2D eigenvalue weighted by atomic mass is 35.5. The number of alkyl halides is 3. The molecule has 0 fully saturated rings. The zero-order valence-corrected chi connectivity index (χ0v) is 30.4. The second-order valence-electron chi connectivity index (χ2n) is 12.3. The molecule has 0 amide bonds. The summed E-state index contributed by atoms with van der Waals surface area (Å²) < 4.78 is 75.2. The maximum atomic E-state index is 14.0. The second kappa shape index (κ2) is 15.9. The van der Waals surface area contributed by atoms with Gasteiger partial charge in [-0.05, 0) is 66.1 Å². The van der Waals surface area contributed by atoms with Crippen molar-refractivity contribution in [1.82, 2.24) is 19.9 Å². The number of nitrogens with zero attached hydrogens (tertiary/aromatic N) is 4. The molecule has 0 radical (unpaired) electrons. The summed E-state index contributed by atoms with van der Waals surface area (Å²) in [6.07, 6.45) is -4.64. The van der Waals surface area contributed by atoms with Gasteiger partial charge < -0.3 is 29.4 Å². The Morgan fingerprint density at radius 3 is 2.67 bits per heavy atom. The summed E-state index contributed by atoms with van der Waals surface area (Å²) in [4.78, 5) is 31.0. The van der Waals surface area contributed by atoms with Crippen molar-refractivity contribution < 1.29 is 46.4 Å². The molecule has 17 heteroatoms. The third-order valence-electron chi connectivity index (χ3n) is 8.55. The molecule has 0 saturated heterocycles. The van der Waals surface area contributed by atoms with Gasteiger partial charge in [-0.2, -0.15) is 18.2 Å². The molecule has 284 valence electrons. The van der Waals surface area contributed by atoms with E-state index in [0.717, 1.165) is 10.4 Å². The molecule has 11 nitrogen and oxygen atoms in total. The number of hydrogen-bond acceptors (Lipinski definition) is 11. The molecule has 4 bridgehead atoms. The van der Waals surface area contributed by atoms with Crippen molar-refractivity contribution in [2.24, 2.45) is 0 Å². The van der Waals surface area contributed by atoms with E-state index in [1.165, 1.54) is 42.1 Å². The average molecular weight is 796 g/mol. The Bertz CT molecular complexity index is 2360. The minimum absolute atomic E-state index is 0.00737. The van der Waals surface area contributed by atoms with E-state index >= 15 is 0 Å². The van der Waals surface area contributed by atoms with E-state index in [4.69, 9.17) is 30.5 Å². The van der Waals surface area contributed by atoms with Crippen LogP contribution in [0, 0.1) is 12.7 Å². The molecule has 6 aromatic rings. The number of halogens is 5. The van der Waals surface area contributed by atoms with E-state index in [2.05, 4.69) is 25.3 Å². The van der Waals surface area contributed by atoms with Crippen molar-refractivity contribution in [2.45, 2.75) is 38.7 Å². The first-order valence-electron chi connectivity index (χ1n) is 16.8. The van der Waals surface area contributed by atoms with Gasteiger partial charge in [0, 0.05) is 35.2 Å². The molecular formula is C38H30ClF4N5O6S. The summed E-state index contributed by atoms with van der Waals surface area (Å²) in [6.45, 7) is 1.65. The van der Waals surface area contributed by atoms with Gasteiger partial charge in [-0.1, -0.05) is 29.8 Å². The van der Waals surface area contributed by atoms with E-state index in [-0.39, 0.29) is 37.3 Å². The Balaban J connectivity index is 1.27. The SMILES string of the molecule is Cc1c2ccc(c1Cl)NCCOc1ccc(OCc3ccnc(OCCC(F)(F)F)n3)c(c1)C[C@H](C(=O)O)Oc1ncnc3sc(-c4ccc(F)cc4)c-2c13. The highest BCUT2D eigenvalue weighted by molar-refractivity contribution is 7.22. The second-order valence-corrected chi connectivity index (χ2v) is 13.7. The van der Waals surface area contributed by atoms with Gasteiger partial charge >= 0.3 is 18.2 Å². The number of hydrogen-bond donors (Lipinski definition) is 2. The minimum Gasteiger partial charge on any atom is -0.492 e. The van der Waals surface area contributed by atoms with Crippen LogP contribution in [-0.2, 0) is 17.8 Å². The molecule has 3 aromatic carbocycles. The molecule has 0 saturated carbocycles. The van der Waals surface area contributed by atoms with Crippen LogP contribution in [0.25, 0.3) is 31.8 Å². The van der Waals surface area contributed by atoms with Gasteiger partial charge in [0.1, 0.15) is 48.3 Å². The topological polar surface area (TPSA) is 138 Å². The third kappa shape index (κ3) is 8.65. The van der Waals surface area contributed by atoms with Crippen molar-refractivity contribution in [1.29, 1.82) is 0 Å². The first-order chi connectivity index (χ1) is 26.4. The van der Waals surface area contributed by atoms with Crippen molar-refractivity contribution in [3.63, 3.8) is 0 Å². The normalized spacial score (nSPS) is 14.4. The molecule has 5 heterocycles. The number of anilines is 1. The van der Waals surface area contributed by atoms with Crippen LogP contribution in [0.1, 0.15) is 23.2 Å². The number of carboxylic acids is 1. The number of carboxylic acid groups (broad SMARTS) is 1. The predicted octanol–water partition coefficient (Wildman–Crippen LogP) is 8.71. The molecular weight excluding hydrogens is 766 g/mol. The summed E-state index contributed by atoms with van der Waals surface area (Å²) in [6, 6.07) is 15.9. The number of rotatable bonds is 8. The lowest BCUT2D eigenvalue weighted by molar-refractivity contribution is -0.145. The Hall–Kier alpha value is -5.74. The molecule has 0 aliphatic carbocycles. The standard InChI is InChI=1S/C38H30ClF4N5O6S/c1-20-26-7-8-27(32(20)39)44-13-15-51-25-6-9-28(53-18-24-10-12-45-37(48-24)52-14-11-38(41,42)43)22(16-25)17-29(36(49)50)54-34-31-30(26)33(55-35(31)47-19-46-34)21-2-4-23(40)5-3-21/h2-10,12,16,19,29,44H,11,13-15,17-18H2,1H3,(H,49,50)/t29-/m1/s1. The van der Waals surface area contributed by atoms with E-state index < -0.39 is 37.1 Å². The van der Waals surface area contributed by atoms with Crippen molar-refractivity contribution in [2.75, 3.05) is 25.1 Å². The molecule has 8 rings (SSSR count). The highest BCUT2D eigenvalue weighted by Crippen LogP contribution is 2.49. The Morgan fingerprint density at radius 1 is 1.07 bits per heavy atom. The van der Waals surface area contributed by atoms with Crippen LogP contribution in [0.15, 0.2) is 73.2 Å². The number of benzene rings is 3. The van der Waals surface area contributed by atoms with Crippen molar-refractivity contribution >= 4 is 44.8 Å². The van der Waals surface area contributed by atoms with Gasteiger partial charge in [0.25, 0.3) is 0 Å². The van der Waals surface area contributed by atoms with E-state index in [9.17, 15) is 27.5 Å². The zero-order chi connectivity index (χ0) is 38.7. The Kier molecular flexibility index (Phi) is 10.9. The van der Waals surface area contributed by atoms with E-state index in [0.29, 0.717) is 61.2 Å². The maximum absolute atomic E-state index is 14.0. The Morgan fingerprint density at radius 2 is 1.89 bits per heavy atom. The van der Waals surface area contributed by atoms with Crippen LogP contribution >= 0.6 is 22.9 Å². The summed E-state index contributed by atoms with van der Waals surface area (Å²) in [5.74, 6) is -0.988. The number of aliphatic carboxylic acids is 1. The third-order valence-corrected chi connectivity index (χ3v) is 10.2. The molecule has 0 unspecified atom stereocenters. The molecule has 0 spiro atoms. The lowest BCUT2D eigenvalue weighted by Gasteiger charge is -2.19. The first-order valence-corrected chi connectivity index (χ1v) is 18.0. The number of ether oxygens (including phenoxy) is 4. The number of aromatic nitrogens is 4. The number of thiophene rings is 1. The summed E-state index contributed by atoms with van der Waals surface area (Å²) in [7, 11) is 0. The number of fused-ring (bicyclic) bond motifs is 7. The molecule has 2 aliphatic heterocycles. The van der Waals surface area contributed by atoms with Gasteiger partial charge in [-0.15, -0.1) is 11.3 Å². The average Bonchev–Trinajstić information content (AvgIpc) is 3.54. The van der Waals surface area contributed by atoms with Crippen LogP contribution in [0.4, 0.5) is 23.2 Å². The summed E-state index contributed by atoms with van der Waals surface area (Å²) in [5.41, 5.74) is 4.16. The van der Waals surface area contributed by atoms with Gasteiger partial charge in [0.2, 0.25) is 12.0 Å². The Labute approximate surface area is 319 Å². The summed E-state index contributed by atoms with van der Waals surface area (Å²) in [5, 5.41) is 14.7. The fourth-order valence-electron chi connectivity index (χ4n) is 5.90. The predicted molar refractivity (Wildman–Crippen MR) is 197 cm³/mol. The van der Waals surface area contributed by atoms with Crippen molar-refractivity contribution in [3.8, 4) is 45.0 Å². The maximum Gasteiger partial charge on any atom is 0.392 e. The van der Waals surface area contributed by atoms with Crippen LogP contribution in [0.5, 0.6) is 23.4 Å². The van der Waals surface area contributed by atoms with Gasteiger partial charge in [-0.25, -0.2) is 24.1 Å². The largest absolute Gasteiger partial charge is 0.492 e. The monoisotopic (exact) mass is 795 g/mol. The molecule has 2 N–H and O–H groups in total.